The highest BCUT2D eigenvalue weighted by molar-refractivity contribution is 5.67. The van der Waals surface area contributed by atoms with Gasteiger partial charge in [-0.25, -0.2) is 4.98 Å². The van der Waals surface area contributed by atoms with Crippen LogP contribution in [0.25, 0.3) is 0 Å². The molecular formula is C10H15N3O2. The van der Waals surface area contributed by atoms with Crippen molar-refractivity contribution in [3.05, 3.63) is 17.8 Å². The summed E-state index contributed by atoms with van der Waals surface area (Å²) < 4.78 is 0. The standard InChI is InChI=1S/C10H15N3O2/c1-7-5-8(6-12-10(7)11)13(2)4-3-9(14)15/h5-6H,3-4H2,1-2H3,(H2,11,12)(H,14,15). The smallest absolute Gasteiger partial charge is 0.305 e. The van der Waals surface area contributed by atoms with Gasteiger partial charge in [0, 0.05) is 13.6 Å². The Hall–Kier alpha value is -1.78. The SMILES string of the molecule is Cc1cc(N(C)CCC(=O)O)cnc1N. The molecule has 0 radical (unpaired) electrons. The number of hydrogen-bond acceptors (Lipinski definition) is 4. The fraction of sp³-hybridized carbons (Fsp3) is 0.400. The molecule has 15 heavy (non-hydrogen) atoms. The van der Waals surface area contributed by atoms with Gasteiger partial charge in [-0.15, -0.1) is 0 Å². The van der Waals surface area contributed by atoms with Crippen molar-refractivity contribution in [1.29, 1.82) is 0 Å². The van der Waals surface area contributed by atoms with E-state index < -0.39 is 5.97 Å². The molecule has 1 aromatic rings. The topological polar surface area (TPSA) is 79.5 Å². The number of carbonyl (C=O) groups is 1. The zero-order chi connectivity index (χ0) is 11.4. The number of pyridine rings is 1. The van der Waals surface area contributed by atoms with Crippen molar-refractivity contribution in [3.63, 3.8) is 0 Å². The molecule has 0 aromatic carbocycles. The third kappa shape index (κ3) is 3.12. The maximum absolute atomic E-state index is 10.4. The van der Waals surface area contributed by atoms with Gasteiger partial charge in [0.25, 0.3) is 0 Å². The lowest BCUT2D eigenvalue weighted by molar-refractivity contribution is -0.136. The molecule has 0 atom stereocenters. The summed E-state index contributed by atoms with van der Waals surface area (Å²) in [7, 11) is 1.83. The average Bonchev–Trinajstić information content (AvgIpc) is 2.18. The van der Waals surface area contributed by atoms with Crippen LogP contribution in [0.3, 0.4) is 0 Å². The van der Waals surface area contributed by atoms with Crippen molar-refractivity contribution >= 4 is 17.5 Å². The number of anilines is 2. The third-order valence-corrected chi connectivity index (χ3v) is 2.21. The van der Waals surface area contributed by atoms with Crippen molar-refractivity contribution in [2.45, 2.75) is 13.3 Å². The predicted molar refractivity (Wildman–Crippen MR) is 58.9 cm³/mol. The molecular weight excluding hydrogens is 194 g/mol. The molecule has 0 fully saturated rings. The second-order valence-corrected chi connectivity index (χ2v) is 3.46. The van der Waals surface area contributed by atoms with E-state index in [0.29, 0.717) is 12.4 Å². The van der Waals surface area contributed by atoms with Crippen molar-refractivity contribution in [2.24, 2.45) is 0 Å². The van der Waals surface area contributed by atoms with E-state index >= 15 is 0 Å². The van der Waals surface area contributed by atoms with Gasteiger partial charge in [0.1, 0.15) is 5.82 Å². The quantitative estimate of drug-likeness (QED) is 0.769. The lowest BCUT2D eigenvalue weighted by atomic mass is 10.2. The molecule has 1 aromatic heterocycles. The summed E-state index contributed by atoms with van der Waals surface area (Å²) in [6.45, 7) is 2.33. The van der Waals surface area contributed by atoms with Gasteiger partial charge >= 0.3 is 5.97 Å². The maximum atomic E-state index is 10.4. The highest BCUT2D eigenvalue weighted by Crippen LogP contribution is 2.16. The Bertz CT molecular complexity index is 366. The van der Waals surface area contributed by atoms with Crippen LogP contribution in [0, 0.1) is 6.92 Å². The van der Waals surface area contributed by atoms with Gasteiger partial charge in [-0.3, -0.25) is 4.79 Å². The van der Waals surface area contributed by atoms with Gasteiger partial charge in [-0.1, -0.05) is 0 Å². The zero-order valence-corrected chi connectivity index (χ0v) is 8.90. The molecule has 0 saturated heterocycles. The number of nitrogens with zero attached hydrogens (tertiary/aromatic N) is 2. The van der Waals surface area contributed by atoms with Gasteiger partial charge in [0.15, 0.2) is 0 Å². The van der Waals surface area contributed by atoms with Crippen LogP contribution in [-0.4, -0.2) is 29.7 Å². The molecule has 0 aliphatic rings. The number of nitrogen functional groups attached to an aromatic ring is 1. The number of carboxylic acids is 1. The molecule has 0 aliphatic carbocycles. The monoisotopic (exact) mass is 209 g/mol. The third-order valence-electron chi connectivity index (χ3n) is 2.21. The highest BCUT2D eigenvalue weighted by Gasteiger charge is 2.05. The van der Waals surface area contributed by atoms with E-state index in [4.69, 9.17) is 10.8 Å². The van der Waals surface area contributed by atoms with Crippen LogP contribution in [0.2, 0.25) is 0 Å². The Balaban J connectivity index is 2.69. The van der Waals surface area contributed by atoms with Crippen LogP contribution in [0.4, 0.5) is 11.5 Å². The van der Waals surface area contributed by atoms with Gasteiger partial charge in [-0.2, -0.15) is 0 Å². The lowest BCUT2D eigenvalue weighted by Crippen LogP contribution is -2.21. The van der Waals surface area contributed by atoms with E-state index in [-0.39, 0.29) is 6.42 Å². The maximum Gasteiger partial charge on any atom is 0.305 e. The Labute approximate surface area is 88.5 Å². The number of nitrogens with two attached hydrogens (primary N) is 1. The van der Waals surface area contributed by atoms with Crippen LogP contribution in [0.15, 0.2) is 12.3 Å². The minimum Gasteiger partial charge on any atom is -0.481 e. The number of hydrogen-bond donors (Lipinski definition) is 2. The molecule has 0 unspecified atom stereocenters. The van der Waals surface area contributed by atoms with Crippen molar-refractivity contribution < 1.29 is 9.90 Å². The lowest BCUT2D eigenvalue weighted by Gasteiger charge is -2.18. The van der Waals surface area contributed by atoms with Crippen molar-refractivity contribution in [3.8, 4) is 0 Å². The normalized spacial score (nSPS) is 10.0. The number of aryl methyl sites for hydroxylation is 1. The molecule has 0 spiro atoms. The molecule has 5 heteroatoms. The summed E-state index contributed by atoms with van der Waals surface area (Å²) in [5, 5.41) is 8.55. The Morgan fingerprint density at radius 2 is 2.33 bits per heavy atom. The number of aromatic nitrogens is 1. The molecule has 0 amide bonds. The number of rotatable bonds is 4. The average molecular weight is 209 g/mol. The second kappa shape index (κ2) is 4.63. The van der Waals surface area contributed by atoms with Crippen LogP contribution < -0.4 is 10.6 Å². The summed E-state index contributed by atoms with van der Waals surface area (Å²) in [5.74, 6) is -0.299. The van der Waals surface area contributed by atoms with E-state index in [1.807, 2.05) is 24.9 Å². The van der Waals surface area contributed by atoms with E-state index in [1.165, 1.54) is 0 Å². The first-order valence-electron chi connectivity index (χ1n) is 4.65. The molecule has 82 valence electrons. The number of aliphatic carboxylic acids is 1. The van der Waals surface area contributed by atoms with E-state index in [1.54, 1.807) is 6.20 Å². The zero-order valence-electron chi connectivity index (χ0n) is 8.90. The van der Waals surface area contributed by atoms with E-state index in [0.717, 1.165) is 11.3 Å². The molecule has 3 N–H and O–H groups in total. The molecule has 1 rings (SSSR count). The number of carboxylic acid groups (broad SMARTS) is 1. The Morgan fingerprint density at radius 3 is 2.87 bits per heavy atom. The summed E-state index contributed by atoms with van der Waals surface area (Å²) in [6.07, 6.45) is 1.75. The minimum atomic E-state index is -0.804. The summed E-state index contributed by atoms with van der Waals surface area (Å²) in [4.78, 5) is 16.3. The van der Waals surface area contributed by atoms with Crippen LogP contribution in [0.5, 0.6) is 0 Å². The molecule has 5 nitrogen and oxygen atoms in total. The molecule has 0 bridgehead atoms. The van der Waals surface area contributed by atoms with Crippen LogP contribution >= 0.6 is 0 Å². The van der Waals surface area contributed by atoms with E-state index in [2.05, 4.69) is 4.98 Å². The van der Waals surface area contributed by atoms with Gasteiger partial charge in [0.05, 0.1) is 18.3 Å². The van der Waals surface area contributed by atoms with Crippen LogP contribution in [-0.2, 0) is 4.79 Å². The van der Waals surface area contributed by atoms with Crippen LogP contribution in [0.1, 0.15) is 12.0 Å². The van der Waals surface area contributed by atoms with Crippen molar-refractivity contribution in [1.82, 2.24) is 4.98 Å². The summed E-state index contributed by atoms with van der Waals surface area (Å²) in [6, 6.07) is 1.89. The summed E-state index contributed by atoms with van der Waals surface area (Å²) >= 11 is 0. The highest BCUT2D eigenvalue weighted by atomic mass is 16.4. The van der Waals surface area contributed by atoms with Gasteiger partial charge in [-0.05, 0) is 18.6 Å². The Kier molecular flexibility index (Phi) is 3.49. The first kappa shape index (κ1) is 11.3. The Morgan fingerprint density at radius 1 is 1.67 bits per heavy atom. The first-order chi connectivity index (χ1) is 7.00. The first-order valence-corrected chi connectivity index (χ1v) is 4.65. The van der Waals surface area contributed by atoms with Gasteiger partial charge in [0.2, 0.25) is 0 Å². The fourth-order valence-corrected chi connectivity index (χ4v) is 1.17. The van der Waals surface area contributed by atoms with E-state index in [9.17, 15) is 4.79 Å². The largest absolute Gasteiger partial charge is 0.481 e. The molecule has 0 saturated carbocycles. The fourth-order valence-electron chi connectivity index (χ4n) is 1.17. The van der Waals surface area contributed by atoms with Gasteiger partial charge < -0.3 is 15.7 Å². The second-order valence-electron chi connectivity index (χ2n) is 3.46. The predicted octanol–water partition coefficient (Wildman–Crippen LogP) is 0.883. The molecule has 0 aliphatic heterocycles. The molecule has 1 heterocycles. The van der Waals surface area contributed by atoms with Crippen molar-refractivity contribution in [2.75, 3.05) is 24.2 Å². The summed E-state index contributed by atoms with van der Waals surface area (Å²) in [5.41, 5.74) is 7.36. The minimum absolute atomic E-state index is 0.111.